The summed E-state index contributed by atoms with van der Waals surface area (Å²) in [5.41, 5.74) is 1.81. The monoisotopic (exact) mass is 304 g/mol. The van der Waals surface area contributed by atoms with Crippen LogP contribution < -0.4 is 0 Å². The molecule has 0 radical (unpaired) electrons. The van der Waals surface area contributed by atoms with Crippen LogP contribution in [0.25, 0.3) is 0 Å². The second-order valence-electron chi connectivity index (χ2n) is 8.37. The average molecular weight is 304 g/mol. The van der Waals surface area contributed by atoms with E-state index in [1.807, 2.05) is 6.20 Å². The van der Waals surface area contributed by atoms with Crippen molar-refractivity contribution in [3.63, 3.8) is 0 Å². The molecule has 1 saturated carbocycles. The van der Waals surface area contributed by atoms with E-state index in [0.29, 0.717) is 11.3 Å². The van der Waals surface area contributed by atoms with Crippen molar-refractivity contribution in [2.45, 2.75) is 57.9 Å². The van der Waals surface area contributed by atoms with Crippen LogP contribution in [-0.2, 0) is 16.6 Å². The maximum atomic E-state index is 5.63. The maximum absolute atomic E-state index is 5.63. The topological polar surface area (TPSA) is 38.5 Å². The van der Waals surface area contributed by atoms with Crippen molar-refractivity contribution < 1.29 is 9.26 Å². The van der Waals surface area contributed by atoms with Gasteiger partial charge in [0.25, 0.3) is 0 Å². The molecule has 3 atom stereocenters. The van der Waals surface area contributed by atoms with Gasteiger partial charge in [0, 0.05) is 30.1 Å². The molecule has 4 heteroatoms. The number of aromatic nitrogens is 1. The number of fused-ring (bicyclic) bond motifs is 2. The molecule has 1 aromatic heterocycles. The van der Waals surface area contributed by atoms with E-state index in [1.54, 1.807) is 0 Å². The van der Waals surface area contributed by atoms with Gasteiger partial charge < -0.3 is 9.26 Å². The molecule has 1 saturated heterocycles. The number of ether oxygens (including phenoxy) is 1. The molecule has 3 aliphatic rings. The Kier molecular flexibility index (Phi) is 3.39. The van der Waals surface area contributed by atoms with Crippen molar-refractivity contribution in [1.82, 2.24) is 10.1 Å². The van der Waals surface area contributed by atoms with Crippen LogP contribution in [0, 0.1) is 11.3 Å². The summed E-state index contributed by atoms with van der Waals surface area (Å²) in [5, 5.41) is 4.10. The van der Waals surface area contributed by atoms with Crippen molar-refractivity contribution in [1.29, 1.82) is 0 Å². The molecule has 0 aromatic carbocycles. The Morgan fingerprint density at radius 3 is 2.73 bits per heavy atom. The fourth-order valence-corrected chi connectivity index (χ4v) is 5.68. The van der Waals surface area contributed by atoms with Crippen LogP contribution in [0.1, 0.15) is 51.4 Å². The van der Waals surface area contributed by atoms with Gasteiger partial charge in [-0.2, -0.15) is 0 Å². The summed E-state index contributed by atoms with van der Waals surface area (Å²) in [6.45, 7) is 11.2. The lowest BCUT2D eigenvalue weighted by molar-refractivity contribution is -0.0454. The first kappa shape index (κ1) is 14.7. The zero-order valence-electron chi connectivity index (χ0n) is 14.1. The fourth-order valence-electron chi connectivity index (χ4n) is 5.68. The van der Waals surface area contributed by atoms with E-state index in [2.05, 4.69) is 30.8 Å². The van der Waals surface area contributed by atoms with Gasteiger partial charge >= 0.3 is 0 Å². The molecule has 1 aliphatic heterocycles. The number of hydrogen-bond donors (Lipinski definition) is 0. The molecule has 3 unspecified atom stereocenters. The SMILES string of the molecule is CC12Cc3cnoc3C(C)(C)C1CCC(N1CCOCC1)C2. The minimum atomic E-state index is 0.106. The Hall–Kier alpha value is -0.870. The summed E-state index contributed by atoms with van der Waals surface area (Å²) in [6, 6.07) is 0.724. The Morgan fingerprint density at radius 2 is 1.95 bits per heavy atom. The largest absolute Gasteiger partial charge is 0.379 e. The highest BCUT2D eigenvalue weighted by Crippen LogP contribution is 2.57. The Balaban J connectivity index is 1.61. The molecular weight excluding hydrogens is 276 g/mol. The van der Waals surface area contributed by atoms with Crippen LogP contribution in [0.15, 0.2) is 10.7 Å². The van der Waals surface area contributed by atoms with E-state index in [1.165, 1.54) is 24.8 Å². The molecule has 2 aliphatic carbocycles. The van der Waals surface area contributed by atoms with Crippen LogP contribution in [0.2, 0.25) is 0 Å². The quantitative estimate of drug-likeness (QED) is 0.799. The highest BCUT2D eigenvalue weighted by Gasteiger charge is 2.54. The zero-order valence-corrected chi connectivity index (χ0v) is 14.1. The Labute approximate surface area is 133 Å². The average Bonchev–Trinajstić information content (AvgIpc) is 2.96. The third-order valence-electron chi connectivity index (χ3n) is 6.59. The van der Waals surface area contributed by atoms with Gasteiger partial charge in [-0.05, 0) is 37.0 Å². The van der Waals surface area contributed by atoms with E-state index in [-0.39, 0.29) is 5.41 Å². The number of hydrogen-bond acceptors (Lipinski definition) is 4. The normalized spacial score (nSPS) is 38.3. The lowest BCUT2D eigenvalue weighted by Gasteiger charge is -2.55. The minimum absolute atomic E-state index is 0.106. The Bertz CT molecular complexity index is 547. The minimum Gasteiger partial charge on any atom is -0.379 e. The van der Waals surface area contributed by atoms with E-state index in [4.69, 9.17) is 9.26 Å². The van der Waals surface area contributed by atoms with Gasteiger partial charge in [-0.15, -0.1) is 0 Å². The highest BCUT2D eigenvalue weighted by molar-refractivity contribution is 5.30. The van der Waals surface area contributed by atoms with Crippen molar-refractivity contribution in [3.8, 4) is 0 Å². The second-order valence-corrected chi connectivity index (χ2v) is 8.37. The molecule has 2 fully saturated rings. The van der Waals surface area contributed by atoms with Crippen LogP contribution in [0.5, 0.6) is 0 Å². The fraction of sp³-hybridized carbons (Fsp3) is 0.833. The molecule has 4 nitrogen and oxygen atoms in total. The van der Waals surface area contributed by atoms with E-state index in [9.17, 15) is 0 Å². The highest BCUT2D eigenvalue weighted by atomic mass is 16.5. The van der Waals surface area contributed by atoms with Crippen LogP contribution in [-0.4, -0.2) is 42.4 Å². The molecular formula is C18H28N2O2. The summed E-state index contributed by atoms with van der Waals surface area (Å²) in [5.74, 6) is 1.83. The molecule has 4 rings (SSSR count). The third kappa shape index (κ3) is 2.15. The lowest BCUT2D eigenvalue weighted by Crippen LogP contribution is -2.55. The van der Waals surface area contributed by atoms with Crippen LogP contribution in [0.3, 0.4) is 0 Å². The smallest absolute Gasteiger partial charge is 0.145 e. The van der Waals surface area contributed by atoms with Crippen LogP contribution in [0.4, 0.5) is 0 Å². The van der Waals surface area contributed by atoms with Gasteiger partial charge in [-0.3, -0.25) is 4.90 Å². The first-order valence-electron chi connectivity index (χ1n) is 8.76. The first-order chi connectivity index (χ1) is 10.5. The van der Waals surface area contributed by atoms with Crippen LogP contribution >= 0.6 is 0 Å². The van der Waals surface area contributed by atoms with Crippen molar-refractivity contribution in [2.24, 2.45) is 11.3 Å². The number of morpholine rings is 1. The molecule has 22 heavy (non-hydrogen) atoms. The predicted molar refractivity (Wildman–Crippen MR) is 84.9 cm³/mol. The van der Waals surface area contributed by atoms with Gasteiger partial charge in [-0.1, -0.05) is 25.9 Å². The summed E-state index contributed by atoms with van der Waals surface area (Å²) in [4.78, 5) is 2.67. The van der Waals surface area contributed by atoms with Gasteiger partial charge in [0.2, 0.25) is 0 Å². The molecule has 0 N–H and O–H groups in total. The number of nitrogens with zero attached hydrogens (tertiary/aromatic N) is 2. The number of rotatable bonds is 1. The van der Waals surface area contributed by atoms with E-state index >= 15 is 0 Å². The zero-order chi connectivity index (χ0) is 15.4. The third-order valence-corrected chi connectivity index (χ3v) is 6.59. The summed E-state index contributed by atoms with van der Waals surface area (Å²) in [7, 11) is 0. The summed E-state index contributed by atoms with van der Waals surface area (Å²) in [6.07, 6.45) is 6.99. The van der Waals surface area contributed by atoms with Crippen molar-refractivity contribution in [3.05, 3.63) is 17.5 Å². The molecule has 0 spiro atoms. The van der Waals surface area contributed by atoms with E-state index < -0.39 is 0 Å². The van der Waals surface area contributed by atoms with Gasteiger partial charge in [-0.25, -0.2) is 0 Å². The van der Waals surface area contributed by atoms with Crippen molar-refractivity contribution >= 4 is 0 Å². The van der Waals surface area contributed by atoms with Gasteiger partial charge in [0.05, 0.1) is 19.4 Å². The predicted octanol–water partition coefficient (Wildman–Crippen LogP) is 3.02. The standard InChI is InChI=1S/C18H28N2O2/c1-17(2)15-5-4-14(20-6-8-21-9-7-20)11-18(15,3)10-13-12-19-22-16(13)17/h12,14-15H,4-11H2,1-3H3. The van der Waals surface area contributed by atoms with Gasteiger partial charge in [0.1, 0.15) is 5.76 Å². The summed E-state index contributed by atoms with van der Waals surface area (Å²) < 4.78 is 11.2. The maximum Gasteiger partial charge on any atom is 0.145 e. The molecule has 0 bridgehead atoms. The van der Waals surface area contributed by atoms with Gasteiger partial charge in [0.15, 0.2) is 0 Å². The Morgan fingerprint density at radius 1 is 1.18 bits per heavy atom. The van der Waals surface area contributed by atoms with E-state index in [0.717, 1.165) is 44.5 Å². The molecule has 2 heterocycles. The molecule has 0 amide bonds. The van der Waals surface area contributed by atoms with Crippen molar-refractivity contribution in [2.75, 3.05) is 26.3 Å². The molecule has 122 valence electrons. The first-order valence-corrected chi connectivity index (χ1v) is 8.76. The molecule has 1 aromatic rings. The summed E-state index contributed by atoms with van der Waals surface area (Å²) >= 11 is 0. The second kappa shape index (κ2) is 5.07. The lowest BCUT2D eigenvalue weighted by atomic mass is 9.51.